The quantitative estimate of drug-likeness (QED) is 0.751. The first-order valence-electron chi connectivity index (χ1n) is 6.61. The second-order valence-electron chi connectivity index (χ2n) is 4.71. The van der Waals surface area contributed by atoms with Crippen LogP contribution in [0.15, 0.2) is 60.7 Å². The van der Waals surface area contributed by atoms with Crippen molar-refractivity contribution in [3.63, 3.8) is 0 Å². The number of ether oxygens (including phenoxy) is 1. The van der Waals surface area contributed by atoms with Crippen LogP contribution < -0.4 is 10.0 Å². The summed E-state index contributed by atoms with van der Waals surface area (Å²) in [6, 6.07) is 19.0. The average molecular weight is 298 g/mol. The van der Waals surface area contributed by atoms with Gasteiger partial charge in [-0.25, -0.2) is 0 Å². The second kappa shape index (κ2) is 5.72. The Bertz CT molecular complexity index is 827. The van der Waals surface area contributed by atoms with E-state index in [1.54, 1.807) is 19.2 Å². The van der Waals surface area contributed by atoms with Gasteiger partial charge in [0, 0.05) is 10.7 Å². The van der Waals surface area contributed by atoms with Crippen LogP contribution in [0.5, 0.6) is 5.75 Å². The monoisotopic (exact) mass is 298 g/mol. The van der Waals surface area contributed by atoms with E-state index in [9.17, 15) is 9.46 Å². The topological polar surface area (TPSA) is 46.5 Å². The Morgan fingerprint density at radius 2 is 1.52 bits per heavy atom. The van der Waals surface area contributed by atoms with Gasteiger partial charge in [-0.15, -0.1) is 0 Å². The summed E-state index contributed by atoms with van der Waals surface area (Å²) in [5.41, 5.74) is 1.73. The summed E-state index contributed by atoms with van der Waals surface area (Å²) in [7, 11) is -1.11. The van der Waals surface area contributed by atoms with E-state index >= 15 is 0 Å². The van der Waals surface area contributed by atoms with Crippen LogP contribution in [0, 0.1) is 0 Å². The fourth-order valence-corrected chi connectivity index (χ4v) is 3.28. The summed E-state index contributed by atoms with van der Waals surface area (Å²) in [6.45, 7) is 0. The molecule has 0 aliphatic heterocycles. The first-order valence-corrected chi connectivity index (χ1v) is 7.96. The Balaban J connectivity index is 2.35. The zero-order chi connectivity index (χ0) is 14.8. The molecule has 0 aliphatic rings. The maximum Gasteiger partial charge on any atom is 0.218 e. The van der Waals surface area contributed by atoms with Gasteiger partial charge in [0.15, 0.2) is 0 Å². The Kier molecular flexibility index (Phi) is 3.78. The highest BCUT2D eigenvalue weighted by atomic mass is 31.1. The van der Waals surface area contributed by atoms with E-state index < -0.39 is 8.03 Å². The predicted octanol–water partition coefficient (Wildman–Crippen LogP) is 3.61. The lowest BCUT2D eigenvalue weighted by Gasteiger charge is -2.12. The molecule has 3 aromatic carbocycles. The normalized spacial score (nSPS) is 12.3. The highest BCUT2D eigenvalue weighted by molar-refractivity contribution is 7.47. The highest BCUT2D eigenvalue weighted by Gasteiger charge is 2.13. The van der Waals surface area contributed by atoms with E-state index in [4.69, 9.17) is 4.74 Å². The van der Waals surface area contributed by atoms with Gasteiger partial charge in [-0.3, -0.25) is 4.57 Å². The molecule has 0 saturated heterocycles. The molecule has 0 spiro atoms. The van der Waals surface area contributed by atoms with Gasteiger partial charge in [-0.1, -0.05) is 48.5 Å². The van der Waals surface area contributed by atoms with Crippen LogP contribution in [-0.2, 0) is 4.57 Å². The fourth-order valence-electron chi connectivity index (χ4n) is 2.59. The van der Waals surface area contributed by atoms with Crippen LogP contribution in [-0.4, -0.2) is 12.0 Å². The number of fused-ring (bicyclic) bond motifs is 1. The molecule has 0 aliphatic carbocycles. The Hall–Kier alpha value is -2.09. The molecule has 0 bridgehead atoms. The van der Waals surface area contributed by atoms with E-state index in [2.05, 4.69) is 0 Å². The molecular weight excluding hydrogens is 283 g/mol. The van der Waals surface area contributed by atoms with E-state index in [1.807, 2.05) is 48.5 Å². The molecule has 4 heteroatoms. The molecule has 3 rings (SSSR count). The van der Waals surface area contributed by atoms with Gasteiger partial charge in [0.05, 0.1) is 7.11 Å². The molecular formula is C17H15O3P. The van der Waals surface area contributed by atoms with Crippen LogP contribution in [0.4, 0.5) is 0 Å². The van der Waals surface area contributed by atoms with Crippen LogP contribution >= 0.6 is 8.03 Å². The van der Waals surface area contributed by atoms with Crippen molar-refractivity contribution < 1.29 is 14.2 Å². The smallest absolute Gasteiger partial charge is 0.218 e. The number of hydrogen-bond donors (Lipinski definition) is 1. The Labute approximate surface area is 123 Å². The first kappa shape index (κ1) is 13.9. The molecule has 0 radical (unpaired) electrons. The third kappa shape index (κ3) is 2.46. The van der Waals surface area contributed by atoms with Crippen LogP contribution in [0.3, 0.4) is 0 Å². The number of rotatable bonds is 3. The van der Waals surface area contributed by atoms with Gasteiger partial charge in [0.2, 0.25) is 8.03 Å². The summed E-state index contributed by atoms with van der Waals surface area (Å²) in [5.74, 6) is 0.795. The van der Waals surface area contributed by atoms with Crippen molar-refractivity contribution in [1.29, 1.82) is 0 Å². The molecule has 0 amide bonds. The van der Waals surface area contributed by atoms with Crippen molar-refractivity contribution in [3.8, 4) is 16.9 Å². The average Bonchev–Trinajstić information content (AvgIpc) is 2.53. The van der Waals surface area contributed by atoms with Crippen LogP contribution in [0.1, 0.15) is 0 Å². The maximum atomic E-state index is 11.6. The second-order valence-corrected chi connectivity index (χ2v) is 5.86. The third-order valence-electron chi connectivity index (χ3n) is 3.55. The molecule has 1 N–H and O–H groups in total. The third-order valence-corrected chi connectivity index (χ3v) is 4.45. The minimum absolute atomic E-state index is 0.484. The lowest BCUT2D eigenvalue weighted by atomic mass is 9.97. The van der Waals surface area contributed by atoms with Crippen LogP contribution in [0.25, 0.3) is 21.9 Å². The van der Waals surface area contributed by atoms with Gasteiger partial charge in [-0.2, -0.15) is 0 Å². The molecule has 3 aromatic rings. The molecule has 1 unspecified atom stereocenters. The minimum atomic E-state index is -2.75. The van der Waals surface area contributed by atoms with E-state index in [0.29, 0.717) is 5.30 Å². The van der Waals surface area contributed by atoms with Gasteiger partial charge in [0.25, 0.3) is 0 Å². The van der Waals surface area contributed by atoms with Crippen molar-refractivity contribution in [2.75, 3.05) is 7.11 Å². The van der Waals surface area contributed by atoms with Crippen LogP contribution in [0.2, 0.25) is 0 Å². The van der Waals surface area contributed by atoms with Crippen molar-refractivity contribution in [2.24, 2.45) is 0 Å². The van der Waals surface area contributed by atoms with Crippen molar-refractivity contribution in [2.45, 2.75) is 0 Å². The zero-order valence-corrected chi connectivity index (χ0v) is 12.5. The molecule has 0 heterocycles. The Morgan fingerprint density at radius 3 is 2.24 bits per heavy atom. The lowest BCUT2D eigenvalue weighted by Crippen LogP contribution is -2.01. The van der Waals surface area contributed by atoms with Gasteiger partial charge >= 0.3 is 0 Å². The number of benzene rings is 3. The largest absolute Gasteiger partial charge is 0.496 e. The molecule has 21 heavy (non-hydrogen) atoms. The number of methoxy groups -OCH3 is 1. The zero-order valence-electron chi connectivity index (χ0n) is 11.5. The molecule has 0 fully saturated rings. The molecule has 106 valence electrons. The Morgan fingerprint density at radius 1 is 0.857 bits per heavy atom. The van der Waals surface area contributed by atoms with Crippen molar-refractivity contribution >= 4 is 24.1 Å². The molecule has 0 saturated carbocycles. The molecule has 3 nitrogen and oxygen atoms in total. The fraction of sp³-hybridized carbons (Fsp3) is 0.0588. The lowest BCUT2D eigenvalue weighted by molar-refractivity contribution is 0.420. The SMILES string of the molecule is COc1ccc(-c2ccccc2[PH](=O)O)c2ccccc12. The van der Waals surface area contributed by atoms with Gasteiger partial charge < -0.3 is 9.63 Å². The van der Waals surface area contributed by atoms with E-state index in [-0.39, 0.29) is 0 Å². The van der Waals surface area contributed by atoms with E-state index in [1.165, 1.54) is 0 Å². The van der Waals surface area contributed by atoms with Gasteiger partial charge in [-0.05, 0) is 28.6 Å². The molecule has 0 aromatic heterocycles. The van der Waals surface area contributed by atoms with Crippen molar-refractivity contribution in [3.05, 3.63) is 60.7 Å². The highest BCUT2D eigenvalue weighted by Crippen LogP contribution is 2.35. The summed E-state index contributed by atoms with van der Waals surface area (Å²) in [5, 5.41) is 2.48. The molecule has 1 atom stereocenters. The summed E-state index contributed by atoms with van der Waals surface area (Å²) < 4.78 is 17.0. The predicted molar refractivity (Wildman–Crippen MR) is 86.8 cm³/mol. The first-order chi connectivity index (χ1) is 10.2. The van der Waals surface area contributed by atoms with Gasteiger partial charge in [0.1, 0.15) is 5.75 Å². The number of hydrogen-bond acceptors (Lipinski definition) is 2. The standard InChI is InChI=1S/C17H15O3P/c1-20-16-11-10-13(12-6-2-3-7-14(12)16)15-8-4-5-9-17(15)21(18)19/h2-11,21H,1H3,(H,18,19). The van der Waals surface area contributed by atoms with Crippen molar-refractivity contribution in [1.82, 2.24) is 0 Å². The summed E-state index contributed by atoms with van der Waals surface area (Å²) in [4.78, 5) is 9.56. The summed E-state index contributed by atoms with van der Waals surface area (Å²) >= 11 is 0. The van der Waals surface area contributed by atoms with E-state index in [0.717, 1.165) is 27.6 Å². The maximum absolute atomic E-state index is 11.6. The minimum Gasteiger partial charge on any atom is -0.496 e. The summed E-state index contributed by atoms with van der Waals surface area (Å²) in [6.07, 6.45) is 0.